The molecule has 3 aromatic carbocycles. The van der Waals surface area contributed by atoms with Crippen LogP contribution >= 0.6 is 23.5 Å². The summed E-state index contributed by atoms with van der Waals surface area (Å²) in [6, 6.07) is 29.5. The number of ether oxygens (including phenoxy) is 1. The van der Waals surface area contributed by atoms with Gasteiger partial charge in [-0.2, -0.15) is 0 Å². The van der Waals surface area contributed by atoms with Gasteiger partial charge in [0.15, 0.2) is 0 Å². The summed E-state index contributed by atoms with van der Waals surface area (Å²) in [6.07, 6.45) is 0. The molecule has 3 heteroatoms. The minimum absolute atomic E-state index is 0.130. The SMILES string of the molecule is COc1ccc(C(C)(Sc2ccccc2)Sc2ccccc2)cc1. The van der Waals surface area contributed by atoms with Gasteiger partial charge in [0, 0.05) is 9.79 Å². The highest BCUT2D eigenvalue weighted by atomic mass is 32.2. The Kier molecular flexibility index (Phi) is 5.54. The van der Waals surface area contributed by atoms with E-state index in [1.54, 1.807) is 7.11 Å². The summed E-state index contributed by atoms with van der Waals surface area (Å²) in [7, 11) is 1.70. The van der Waals surface area contributed by atoms with E-state index in [0.29, 0.717) is 0 Å². The molecule has 3 rings (SSSR count). The molecule has 0 amide bonds. The van der Waals surface area contributed by atoms with Crippen LogP contribution in [0, 0.1) is 0 Å². The Morgan fingerprint density at radius 1 is 0.667 bits per heavy atom. The Hall–Kier alpha value is -1.84. The molecule has 24 heavy (non-hydrogen) atoms. The number of benzene rings is 3. The van der Waals surface area contributed by atoms with E-state index in [-0.39, 0.29) is 4.08 Å². The summed E-state index contributed by atoms with van der Waals surface area (Å²) >= 11 is 3.75. The van der Waals surface area contributed by atoms with Crippen LogP contribution in [0.1, 0.15) is 12.5 Å². The summed E-state index contributed by atoms with van der Waals surface area (Å²) in [5.74, 6) is 0.885. The molecule has 0 atom stereocenters. The second-order valence-electron chi connectivity index (χ2n) is 5.50. The fraction of sp³-hybridized carbons (Fsp3) is 0.143. The normalized spacial score (nSPS) is 11.2. The number of methoxy groups -OCH3 is 1. The zero-order valence-corrected chi connectivity index (χ0v) is 15.4. The molecule has 0 heterocycles. The molecule has 0 unspecified atom stereocenters. The van der Waals surface area contributed by atoms with Gasteiger partial charge in [0.1, 0.15) is 5.75 Å². The third-order valence-electron chi connectivity index (χ3n) is 3.73. The van der Waals surface area contributed by atoms with E-state index in [2.05, 4.69) is 79.7 Å². The number of rotatable bonds is 6. The maximum Gasteiger partial charge on any atom is 0.118 e. The van der Waals surface area contributed by atoms with Gasteiger partial charge >= 0.3 is 0 Å². The van der Waals surface area contributed by atoms with E-state index < -0.39 is 0 Å². The Morgan fingerprint density at radius 3 is 1.54 bits per heavy atom. The van der Waals surface area contributed by atoms with Crippen molar-refractivity contribution in [3.63, 3.8) is 0 Å². The van der Waals surface area contributed by atoms with E-state index in [0.717, 1.165) is 5.75 Å². The number of hydrogen-bond donors (Lipinski definition) is 0. The predicted molar refractivity (Wildman–Crippen MR) is 105 cm³/mol. The largest absolute Gasteiger partial charge is 0.497 e. The van der Waals surface area contributed by atoms with Gasteiger partial charge in [-0.3, -0.25) is 0 Å². The van der Waals surface area contributed by atoms with Crippen LogP contribution in [0.3, 0.4) is 0 Å². The van der Waals surface area contributed by atoms with Crippen molar-refractivity contribution >= 4 is 23.5 Å². The molecule has 0 radical (unpaired) electrons. The molecule has 0 aliphatic rings. The van der Waals surface area contributed by atoms with Crippen LogP contribution in [-0.4, -0.2) is 7.11 Å². The van der Waals surface area contributed by atoms with Crippen molar-refractivity contribution < 1.29 is 4.74 Å². The molecule has 3 aromatic rings. The molecular formula is C21H20OS2. The van der Waals surface area contributed by atoms with Gasteiger partial charge in [-0.05, 0) is 48.9 Å². The summed E-state index contributed by atoms with van der Waals surface area (Å²) in [4.78, 5) is 2.53. The molecule has 0 spiro atoms. The van der Waals surface area contributed by atoms with Crippen molar-refractivity contribution in [2.24, 2.45) is 0 Å². The van der Waals surface area contributed by atoms with Crippen molar-refractivity contribution in [3.05, 3.63) is 90.5 Å². The third-order valence-corrected chi connectivity index (χ3v) is 6.49. The summed E-state index contributed by atoms with van der Waals surface area (Å²) in [5.41, 5.74) is 1.27. The zero-order chi connectivity index (χ0) is 16.8. The monoisotopic (exact) mass is 352 g/mol. The maximum absolute atomic E-state index is 5.30. The van der Waals surface area contributed by atoms with Crippen molar-refractivity contribution in [2.75, 3.05) is 7.11 Å². The fourth-order valence-corrected chi connectivity index (χ4v) is 5.20. The number of hydrogen-bond acceptors (Lipinski definition) is 3. The van der Waals surface area contributed by atoms with E-state index in [9.17, 15) is 0 Å². The van der Waals surface area contributed by atoms with Crippen LogP contribution in [-0.2, 0) is 4.08 Å². The van der Waals surface area contributed by atoms with Crippen molar-refractivity contribution in [2.45, 2.75) is 20.8 Å². The van der Waals surface area contributed by atoms with Crippen LogP contribution in [0.15, 0.2) is 94.7 Å². The lowest BCUT2D eigenvalue weighted by Crippen LogP contribution is -2.12. The van der Waals surface area contributed by atoms with Crippen molar-refractivity contribution in [1.82, 2.24) is 0 Å². The molecule has 0 aliphatic carbocycles. The third kappa shape index (κ3) is 4.16. The predicted octanol–water partition coefficient (Wildman–Crippen LogP) is 6.45. The second-order valence-corrected chi connectivity index (χ2v) is 8.75. The molecule has 0 aliphatic heterocycles. The van der Waals surface area contributed by atoms with Crippen LogP contribution in [0.2, 0.25) is 0 Å². The number of thioether (sulfide) groups is 2. The lowest BCUT2D eigenvalue weighted by molar-refractivity contribution is 0.414. The average Bonchev–Trinajstić information content (AvgIpc) is 2.63. The van der Waals surface area contributed by atoms with Gasteiger partial charge in [0.05, 0.1) is 11.2 Å². The first-order valence-corrected chi connectivity index (χ1v) is 9.45. The lowest BCUT2D eigenvalue weighted by atomic mass is 10.1. The lowest BCUT2D eigenvalue weighted by Gasteiger charge is -2.29. The average molecular weight is 353 g/mol. The first kappa shape index (κ1) is 17.0. The summed E-state index contributed by atoms with van der Waals surface area (Å²) < 4.78 is 5.17. The van der Waals surface area contributed by atoms with Crippen LogP contribution in [0.4, 0.5) is 0 Å². The van der Waals surface area contributed by atoms with Gasteiger partial charge in [0.2, 0.25) is 0 Å². The maximum atomic E-state index is 5.30. The van der Waals surface area contributed by atoms with Gasteiger partial charge in [-0.15, -0.1) is 23.5 Å². The van der Waals surface area contributed by atoms with Crippen LogP contribution in [0.25, 0.3) is 0 Å². The van der Waals surface area contributed by atoms with Gasteiger partial charge in [0.25, 0.3) is 0 Å². The molecule has 0 N–H and O–H groups in total. The minimum atomic E-state index is -0.130. The zero-order valence-electron chi connectivity index (χ0n) is 13.8. The molecule has 0 bridgehead atoms. The smallest absolute Gasteiger partial charge is 0.118 e. The Morgan fingerprint density at radius 2 is 1.12 bits per heavy atom. The van der Waals surface area contributed by atoms with E-state index >= 15 is 0 Å². The highest BCUT2D eigenvalue weighted by Crippen LogP contribution is 2.52. The molecule has 0 saturated carbocycles. The van der Waals surface area contributed by atoms with E-state index in [4.69, 9.17) is 4.74 Å². The van der Waals surface area contributed by atoms with Crippen LogP contribution in [0.5, 0.6) is 5.75 Å². The first-order chi connectivity index (χ1) is 11.7. The fourth-order valence-electron chi connectivity index (χ4n) is 2.46. The standard InChI is InChI=1S/C21H20OS2/c1-21(23-19-9-5-3-6-10-19,24-20-11-7-4-8-12-20)17-13-15-18(22-2)16-14-17/h3-16H,1-2H3. The molecule has 0 fully saturated rings. The summed E-state index contributed by atoms with van der Waals surface area (Å²) in [5, 5.41) is 0. The molecular weight excluding hydrogens is 332 g/mol. The summed E-state index contributed by atoms with van der Waals surface area (Å²) in [6.45, 7) is 2.28. The Labute approximate surface area is 152 Å². The molecule has 0 saturated heterocycles. The molecule has 1 nitrogen and oxygen atoms in total. The Balaban J connectivity index is 1.95. The minimum Gasteiger partial charge on any atom is -0.497 e. The highest BCUT2D eigenvalue weighted by Gasteiger charge is 2.29. The Bertz CT molecular complexity index is 713. The molecule has 0 aromatic heterocycles. The van der Waals surface area contributed by atoms with E-state index in [1.165, 1.54) is 15.4 Å². The van der Waals surface area contributed by atoms with Crippen molar-refractivity contribution in [1.29, 1.82) is 0 Å². The van der Waals surface area contributed by atoms with Gasteiger partial charge < -0.3 is 4.74 Å². The highest BCUT2D eigenvalue weighted by molar-refractivity contribution is 8.17. The van der Waals surface area contributed by atoms with E-state index in [1.807, 2.05) is 35.7 Å². The second kappa shape index (κ2) is 7.82. The first-order valence-electron chi connectivity index (χ1n) is 7.82. The van der Waals surface area contributed by atoms with Crippen molar-refractivity contribution in [3.8, 4) is 5.75 Å². The molecule has 122 valence electrons. The van der Waals surface area contributed by atoms with Gasteiger partial charge in [-0.25, -0.2) is 0 Å². The van der Waals surface area contributed by atoms with Crippen LogP contribution < -0.4 is 4.74 Å². The quantitative estimate of drug-likeness (QED) is 0.372. The van der Waals surface area contributed by atoms with Gasteiger partial charge in [-0.1, -0.05) is 48.5 Å². The topological polar surface area (TPSA) is 9.23 Å².